The van der Waals surface area contributed by atoms with Crippen molar-refractivity contribution in [2.24, 2.45) is 0 Å². The zero-order valence-electron chi connectivity index (χ0n) is 9.35. The van der Waals surface area contributed by atoms with Gasteiger partial charge in [0.1, 0.15) is 0 Å². The molecule has 78 valence electrons. The Kier molecular flexibility index (Phi) is 2.39. The molecule has 0 spiro atoms. The molecule has 3 heteroatoms. The molecule has 0 aliphatic carbocycles. The van der Waals surface area contributed by atoms with Crippen molar-refractivity contribution in [1.82, 2.24) is 9.97 Å². The van der Waals surface area contributed by atoms with Gasteiger partial charge in [-0.3, -0.25) is 0 Å². The maximum atomic E-state index is 6.31. The van der Waals surface area contributed by atoms with Gasteiger partial charge in [0.25, 0.3) is 0 Å². The zero-order chi connectivity index (χ0) is 11.2. The molecule has 2 aromatic rings. The monoisotopic (exact) mass is 220 g/mol. The predicted molar refractivity (Wildman–Crippen MR) is 63.5 cm³/mol. The minimum atomic E-state index is 0.751. The minimum absolute atomic E-state index is 0.751. The summed E-state index contributed by atoms with van der Waals surface area (Å²) < 4.78 is 0. The van der Waals surface area contributed by atoms with Crippen molar-refractivity contribution in [3.8, 4) is 0 Å². The van der Waals surface area contributed by atoms with Gasteiger partial charge < -0.3 is 0 Å². The van der Waals surface area contributed by atoms with Crippen molar-refractivity contribution < 1.29 is 0 Å². The van der Waals surface area contributed by atoms with Crippen molar-refractivity contribution in [1.29, 1.82) is 0 Å². The normalized spacial score (nSPS) is 11.0. The molecular weight excluding hydrogens is 208 g/mol. The highest BCUT2D eigenvalue weighted by Gasteiger charge is 2.10. The number of rotatable bonds is 0. The van der Waals surface area contributed by atoms with E-state index in [1.807, 2.05) is 33.8 Å². The summed E-state index contributed by atoms with van der Waals surface area (Å²) in [6, 6.07) is 2.03. The molecule has 2 heterocycles. The molecule has 0 aromatic carbocycles. The summed E-state index contributed by atoms with van der Waals surface area (Å²) in [5, 5.41) is 1.76. The van der Waals surface area contributed by atoms with E-state index >= 15 is 0 Å². The smallest absolute Gasteiger partial charge is 0.161 e. The molecule has 0 N–H and O–H groups in total. The number of hydrogen-bond donors (Lipinski definition) is 0. The molecule has 2 rings (SSSR count). The van der Waals surface area contributed by atoms with Crippen LogP contribution in [-0.2, 0) is 0 Å². The average Bonchev–Trinajstić information content (AvgIpc) is 2.13. The first kappa shape index (κ1) is 10.4. The first-order valence-electron chi connectivity index (χ1n) is 4.91. The van der Waals surface area contributed by atoms with Crippen LogP contribution in [-0.4, -0.2) is 9.97 Å². The van der Waals surface area contributed by atoms with Crippen LogP contribution in [0.4, 0.5) is 0 Å². The Balaban J connectivity index is 2.99. The lowest BCUT2D eigenvalue weighted by Gasteiger charge is -2.09. The van der Waals surface area contributed by atoms with E-state index < -0.39 is 0 Å². The van der Waals surface area contributed by atoms with E-state index in [1.54, 1.807) is 0 Å². The lowest BCUT2D eigenvalue weighted by molar-refractivity contribution is 1.13. The molecule has 0 aliphatic heterocycles. The fourth-order valence-electron chi connectivity index (χ4n) is 1.76. The van der Waals surface area contributed by atoms with E-state index in [2.05, 4.69) is 9.97 Å². The highest BCUT2D eigenvalue weighted by molar-refractivity contribution is 6.36. The van der Waals surface area contributed by atoms with Crippen molar-refractivity contribution >= 4 is 22.6 Å². The van der Waals surface area contributed by atoms with E-state index in [0.717, 1.165) is 38.6 Å². The van der Waals surface area contributed by atoms with Crippen LogP contribution in [0, 0.1) is 27.7 Å². The number of nitrogens with zero attached hydrogens (tertiary/aromatic N) is 2. The van der Waals surface area contributed by atoms with Gasteiger partial charge in [0.15, 0.2) is 5.65 Å². The van der Waals surface area contributed by atoms with Crippen LogP contribution >= 0.6 is 11.6 Å². The van der Waals surface area contributed by atoms with Gasteiger partial charge in [0.05, 0.1) is 5.02 Å². The summed E-state index contributed by atoms with van der Waals surface area (Å²) >= 11 is 6.31. The van der Waals surface area contributed by atoms with Crippen LogP contribution in [0.5, 0.6) is 0 Å². The maximum Gasteiger partial charge on any atom is 0.161 e. The molecule has 0 aliphatic rings. The summed E-state index contributed by atoms with van der Waals surface area (Å²) in [5.74, 6) is 0. The Morgan fingerprint density at radius 3 is 2.40 bits per heavy atom. The topological polar surface area (TPSA) is 25.8 Å². The summed E-state index contributed by atoms with van der Waals surface area (Å²) in [7, 11) is 0. The number of hydrogen-bond acceptors (Lipinski definition) is 2. The zero-order valence-corrected chi connectivity index (χ0v) is 10.1. The van der Waals surface area contributed by atoms with Gasteiger partial charge in [0, 0.05) is 16.8 Å². The van der Waals surface area contributed by atoms with E-state index in [1.165, 1.54) is 0 Å². The van der Waals surface area contributed by atoms with Gasteiger partial charge in [-0.05, 0) is 44.9 Å². The van der Waals surface area contributed by atoms with Gasteiger partial charge in [-0.2, -0.15) is 0 Å². The molecular formula is C12H13ClN2. The third-order valence-electron chi connectivity index (χ3n) is 2.69. The summed E-state index contributed by atoms with van der Waals surface area (Å²) in [6.45, 7) is 7.96. The van der Waals surface area contributed by atoms with E-state index in [0.29, 0.717) is 0 Å². The summed E-state index contributed by atoms with van der Waals surface area (Å²) in [5.41, 5.74) is 4.86. The Hall–Kier alpha value is -1.15. The Labute approximate surface area is 94.3 Å². The van der Waals surface area contributed by atoms with Crippen LogP contribution in [0.2, 0.25) is 5.02 Å². The Bertz CT molecular complexity index is 547. The third kappa shape index (κ3) is 1.59. The molecule has 0 fully saturated rings. The Morgan fingerprint density at radius 1 is 1.07 bits per heavy atom. The summed E-state index contributed by atoms with van der Waals surface area (Å²) in [4.78, 5) is 8.87. The molecule has 0 atom stereocenters. The van der Waals surface area contributed by atoms with Crippen LogP contribution < -0.4 is 0 Å². The SMILES string of the molecule is Cc1cc(C)c2c(Cl)c(C)c(C)nc2n1. The molecule has 2 aromatic heterocycles. The lowest BCUT2D eigenvalue weighted by Crippen LogP contribution is -1.96. The Morgan fingerprint density at radius 2 is 1.73 bits per heavy atom. The second kappa shape index (κ2) is 3.46. The molecule has 0 amide bonds. The second-order valence-electron chi connectivity index (χ2n) is 3.92. The van der Waals surface area contributed by atoms with Crippen LogP contribution in [0.1, 0.15) is 22.5 Å². The first-order valence-corrected chi connectivity index (χ1v) is 5.29. The standard InChI is InChI=1S/C12H13ClN2/c1-6-5-7(2)14-12-10(6)11(13)8(3)9(4)15-12/h5H,1-4H3. The molecule has 0 unspecified atom stereocenters. The fourth-order valence-corrected chi connectivity index (χ4v) is 2.13. The van der Waals surface area contributed by atoms with Gasteiger partial charge in [0.2, 0.25) is 0 Å². The van der Waals surface area contributed by atoms with Crippen molar-refractivity contribution in [2.45, 2.75) is 27.7 Å². The van der Waals surface area contributed by atoms with E-state index in [4.69, 9.17) is 11.6 Å². The molecule has 0 bridgehead atoms. The van der Waals surface area contributed by atoms with Crippen molar-refractivity contribution in [3.63, 3.8) is 0 Å². The van der Waals surface area contributed by atoms with Gasteiger partial charge in [-0.25, -0.2) is 9.97 Å². The first-order chi connectivity index (χ1) is 7.00. The van der Waals surface area contributed by atoms with Crippen molar-refractivity contribution in [3.05, 3.63) is 33.6 Å². The lowest BCUT2D eigenvalue weighted by atomic mass is 10.1. The van der Waals surface area contributed by atoms with Crippen LogP contribution in [0.3, 0.4) is 0 Å². The largest absolute Gasteiger partial charge is 0.233 e. The minimum Gasteiger partial charge on any atom is -0.233 e. The average molecular weight is 221 g/mol. The number of fused-ring (bicyclic) bond motifs is 1. The quantitative estimate of drug-likeness (QED) is 0.679. The van der Waals surface area contributed by atoms with E-state index in [9.17, 15) is 0 Å². The summed E-state index contributed by atoms with van der Waals surface area (Å²) in [6.07, 6.45) is 0. The van der Waals surface area contributed by atoms with Crippen molar-refractivity contribution in [2.75, 3.05) is 0 Å². The molecule has 15 heavy (non-hydrogen) atoms. The number of aromatic nitrogens is 2. The maximum absolute atomic E-state index is 6.31. The third-order valence-corrected chi connectivity index (χ3v) is 3.16. The van der Waals surface area contributed by atoms with Crippen LogP contribution in [0.25, 0.3) is 11.0 Å². The van der Waals surface area contributed by atoms with Crippen LogP contribution in [0.15, 0.2) is 6.07 Å². The van der Waals surface area contributed by atoms with Gasteiger partial charge >= 0.3 is 0 Å². The highest BCUT2D eigenvalue weighted by atomic mass is 35.5. The second-order valence-corrected chi connectivity index (χ2v) is 4.29. The number of pyridine rings is 2. The molecule has 0 radical (unpaired) electrons. The fraction of sp³-hybridized carbons (Fsp3) is 0.333. The highest BCUT2D eigenvalue weighted by Crippen LogP contribution is 2.29. The number of halogens is 1. The molecule has 0 saturated carbocycles. The van der Waals surface area contributed by atoms with E-state index in [-0.39, 0.29) is 0 Å². The van der Waals surface area contributed by atoms with Gasteiger partial charge in [-0.1, -0.05) is 11.6 Å². The number of aryl methyl sites for hydroxylation is 3. The van der Waals surface area contributed by atoms with Gasteiger partial charge in [-0.15, -0.1) is 0 Å². The predicted octanol–water partition coefficient (Wildman–Crippen LogP) is 3.52. The molecule has 0 saturated heterocycles. The molecule has 2 nitrogen and oxygen atoms in total.